The standard InChI is InChI=1S/C25H30N2O3/c1-17-7-12-23-21(15-17)18(2)24(30-23)25(28)26-16-22(27-13-5-4-6-14-27)19-8-10-20(29-3)11-9-19/h7-12,15,22H,4-6,13-14,16H2,1-3H3,(H,26,28)/t22-/m1/s1. The van der Waals surface area contributed by atoms with Crippen molar-refractivity contribution in [2.75, 3.05) is 26.7 Å². The third-order valence-electron chi connectivity index (χ3n) is 6.09. The zero-order chi connectivity index (χ0) is 21.1. The molecule has 3 aromatic rings. The molecule has 30 heavy (non-hydrogen) atoms. The molecule has 0 aliphatic carbocycles. The van der Waals surface area contributed by atoms with Gasteiger partial charge >= 0.3 is 0 Å². The van der Waals surface area contributed by atoms with Gasteiger partial charge in [-0.05, 0) is 69.6 Å². The van der Waals surface area contributed by atoms with Crippen LogP contribution < -0.4 is 10.1 Å². The van der Waals surface area contributed by atoms with E-state index in [-0.39, 0.29) is 11.9 Å². The highest BCUT2D eigenvalue weighted by Gasteiger charge is 2.24. The summed E-state index contributed by atoms with van der Waals surface area (Å²) < 4.78 is 11.2. The van der Waals surface area contributed by atoms with Crippen molar-refractivity contribution in [3.8, 4) is 5.75 Å². The lowest BCUT2D eigenvalue weighted by Crippen LogP contribution is -2.40. The van der Waals surface area contributed by atoms with Gasteiger partial charge in [-0.3, -0.25) is 9.69 Å². The van der Waals surface area contributed by atoms with Crippen LogP contribution in [-0.2, 0) is 0 Å². The fraction of sp³-hybridized carbons (Fsp3) is 0.400. The molecule has 0 saturated carbocycles. The average Bonchev–Trinajstić information content (AvgIpc) is 3.11. The molecular formula is C25H30N2O3. The largest absolute Gasteiger partial charge is 0.497 e. The fourth-order valence-electron chi connectivity index (χ4n) is 4.33. The Balaban J connectivity index is 1.54. The highest BCUT2D eigenvalue weighted by Crippen LogP contribution is 2.28. The molecule has 2 aromatic carbocycles. The first-order valence-corrected chi connectivity index (χ1v) is 10.7. The number of fused-ring (bicyclic) bond motifs is 1. The number of piperidine rings is 1. The fourth-order valence-corrected chi connectivity index (χ4v) is 4.33. The summed E-state index contributed by atoms with van der Waals surface area (Å²) in [6.07, 6.45) is 3.67. The van der Waals surface area contributed by atoms with Crippen molar-refractivity contribution < 1.29 is 13.9 Å². The van der Waals surface area contributed by atoms with Crippen molar-refractivity contribution in [2.45, 2.75) is 39.2 Å². The number of amides is 1. The highest BCUT2D eigenvalue weighted by atomic mass is 16.5. The van der Waals surface area contributed by atoms with Crippen LogP contribution in [0, 0.1) is 13.8 Å². The lowest BCUT2D eigenvalue weighted by molar-refractivity contribution is 0.0898. The Morgan fingerprint density at radius 2 is 1.83 bits per heavy atom. The smallest absolute Gasteiger partial charge is 0.287 e. The summed E-state index contributed by atoms with van der Waals surface area (Å²) in [5, 5.41) is 4.14. The van der Waals surface area contributed by atoms with Gasteiger partial charge in [0.05, 0.1) is 13.2 Å². The van der Waals surface area contributed by atoms with Crippen molar-refractivity contribution >= 4 is 16.9 Å². The minimum Gasteiger partial charge on any atom is -0.497 e. The van der Waals surface area contributed by atoms with Crippen LogP contribution in [0.3, 0.4) is 0 Å². The quantitative estimate of drug-likeness (QED) is 0.625. The maximum Gasteiger partial charge on any atom is 0.287 e. The van der Waals surface area contributed by atoms with Gasteiger partial charge in [-0.15, -0.1) is 0 Å². The zero-order valence-electron chi connectivity index (χ0n) is 18.0. The Kier molecular flexibility index (Phi) is 6.09. The van der Waals surface area contributed by atoms with Gasteiger partial charge in [-0.1, -0.05) is 30.2 Å². The average molecular weight is 407 g/mol. The van der Waals surface area contributed by atoms with Crippen LogP contribution in [0.4, 0.5) is 0 Å². The summed E-state index contributed by atoms with van der Waals surface area (Å²) in [6, 6.07) is 14.3. The minimum atomic E-state index is -0.156. The van der Waals surface area contributed by atoms with Crippen molar-refractivity contribution in [1.82, 2.24) is 10.2 Å². The summed E-state index contributed by atoms with van der Waals surface area (Å²) in [5.74, 6) is 1.09. The van der Waals surface area contributed by atoms with Gasteiger partial charge in [0.1, 0.15) is 11.3 Å². The normalized spacial score (nSPS) is 15.8. The number of carbonyl (C=O) groups excluding carboxylic acids is 1. The van der Waals surface area contributed by atoms with Gasteiger partial charge in [-0.2, -0.15) is 0 Å². The van der Waals surface area contributed by atoms with E-state index in [9.17, 15) is 4.79 Å². The molecule has 5 nitrogen and oxygen atoms in total. The van der Waals surface area contributed by atoms with E-state index in [0.717, 1.165) is 40.9 Å². The predicted octanol–water partition coefficient (Wildman–Crippen LogP) is 5.02. The van der Waals surface area contributed by atoms with E-state index >= 15 is 0 Å². The molecule has 0 radical (unpaired) electrons. The lowest BCUT2D eigenvalue weighted by atomic mass is 10.0. The summed E-state index contributed by atoms with van der Waals surface area (Å²) in [6.45, 7) is 6.64. The molecule has 1 fully saturated rings. The number of aryl methyl sites for hydroxylation is 2. The molecule has 2 heterocycles. The van der Waals surface area contributed by atoms with E-state index in [1.54, 1.807) is 7.11 Å². The topological polar surface area (TPSA) is 54.7 Å². The Bertz CT molecular complexity index is 1020. The van der Waals surface area contributed by atoms with Crippen LogP contribution in [0.1, 0.15) is 52.5 Å². The second-order valence-corrected chi connectivity index (χ2v) is 8.15. The molecule has 1 aliphatic heterocycles. The Morgan fingerprint density at radius 1 is 1.10 bits per heavy atom. The molecule has 0 unspecified atom stereocenters. The molecule has 0 bridgehead atoms. The molecule has 1 saturated heterocycles. The van der Waals surface area contributed by atoms with E-state index in [1.165, 1.54) is 24.8 Å². The lowest BCUT2D eigenvalue weighted by Gasteiger charge is -2.35. The minimum absolute atomic E-state index is 0.132. The number of methoxy groups -OCH3 is 1. The molecule has 1 amide bonds. The number of rotatable bonds is 6. The van der Waals surface area contributed by atoms with Gasteiger partial charge in [0.2, 0.25) is 0 Å². The van der Waals surface area contributed by atoms with Crippen LogP contribution in [0.15, 0.2) is 46.9 Å². The Hall–Kier alpha value is -2.79. The van der Waals surface area contributed by atoms with Crippen LogP contribution in [0.5, 0.6) is 5.75 Å². The second-order valence-electron chi connectivity index (χ2n) is 8.15. The number of hydrogen-bond acceptors (Lipinski definition) is 4. The van der Waals surface area contributed by atoms with E-state index in [4.69, 9.17) is 9.15 Å². The summed E-state index contributed by atoms with van der Waals surface area (Å²) in [5.41, 5.74) is 3.99. The number of nitrogens with one attached hydrogen (secondary N) is 1. The molecule has 5 heteroatoms. The Morgan fingerprint density at radius 3 is 2.53 bits per heavy atom. The monoisotopic (exact) mass is 406 g/mol. The molecular weight excluding hydrogens is 376 g/mol. The van der Waals surface area contributed by atoms with Crippen molar-refractivity contribution in [3.63, 3.8) is 0 Å². The SMILES string of the molecule is COc1ccc([C@@H](CNC(=O)c2oc3ccc(C)cc3c2C)N2CCCCC2)cc1. The third-order valence-corrected chi connectivity index (χ3v) is 6.09. The number of nitrogens with zero attached hydrogens (tertiary/aromatic N) is 1. The van der Waals surface area contributed by atoms with Gasteiger partial charge in [-0.25, -0.2) is 0 Å². The number of carbonyl (C=O) groups is 1. The van der Waals surface area contributed by atoms with Crippen LogP contribution in [0.25, 0.3) is 11.0 Å². The van der Waals surface area contributed by atoms with Crippen molar-refractivity contribution in [3.05, 3.63) is 64.9 Å². The maximum atomic E-state index is 13.0. The van der Waals surface area contributed by atoms with Crippen LogP contribution in [-0.4, -0.2) is 37.6 Å². The van der Waals surface area contributed by atoms with Crippen LogP contribution >= 0.6 is 0 Å². The molecule has 1 aromatic heterocycles. The number of benzene rings is 2. The number of furan rings is 1. The van der Waals surface area contributed by atoms with E-state index < -0.39 is 0 Å². The molecule has 1 aliphatic rings. The van der Waals surface area contributed by atoms with Gasteiger partial charge < -0.3 is 14.5 Å². The third kappa shape index (κ3) is 4.21. The summed E-state index contributed by atoms with van der Waals surface area (Å²) in [7, 11) is 1.68. The number of ether oxygens (including phenoxy) is 1. The molecule has 0 spiro atoms. The second kappa shape index (κ2) is 8.92. The predicted molar refractivity (Wildman–Crippen MR) is 119 cm³/mol. The van der Waals surface area contributed by atoms with E-state index in [0.29, 0.717) is 12.3 Å². The van der Waals surface area contributed by atoms with E-state index in [1.807, 2.05) is 38.1 Å². The number of hydrogen-bond donors (Lipinski definition) is 1. The molecule has 158 valence electrons. The Labute approximate surface area is 178 Å². The molecule has 1 N–H and O–H groups in total. The van der Waals surface area contributed by atoms with Crippen molar-refractivity contribution in [2.24, 2.45) is 0 Å². The van der Waals surface area contributed by atoms with Crippen molar-refractivity contribution in [1.29, 1.82) is 0 Å². The maximum absolute atomic E-state index is 13.0. The first kappa shape index (κ1) is 20.5. The first-order chi connectivity index (χ1) is 14.6. The van der Waals surface area contributed by atoms with Crippen LogP contribution in [0.2, 0.25) is 0 Å². The van der Waals surface area contributed by atoms with E-state index in [2.05, 4.69) is 28.4 Å². The highest BCUT2D eigenvalue weighted by molar-refractivity contribution is 5.99. The number of likely N-dealkylation sites (tertiary alicyclic amines) is 1. The zero-order valence-corrected chi connectivity index (χ0v) is 18.0. The molecule has 4 rings (SSSR count). The summed E-state index contributed by atoms with van der Waals surface area (Å²) in [4.78, 5) is 15.5. The summed E-state index contributed by atoms with van der Waals surface area (Å²) >= 11 is 0. The molecule has 1 atom stereocenters. The first-order valence-electron chi connectivity index (χ1n) is 10.7. The van der Waals surface area contributed by atoms with Gasteiger partial charge in [0.25, 0.3) is 5.91 Å². The van der Waals surface area contributed by atoms with Gasteiger partial charge in [0.15, 0.2) is 5.76 Å². The van der Waals surface area contributed by atoms with Gasteiger partial charge in [0, 0.05) is 17.5 Å².